The summed E-state index contributed by atoms with van der Waals surface area (Å²) in [4.78, 5) is 0. The van der Waals surface area contributed by atoms with Crippen molar-refractivity contribution in [3.8, 4) is 0 Å². The normalized spacial score (nSPS) is 12.9. The maximum Gasteiger partial charge on any atom is -0.00746 e. The molecule has 0 bridgehead atoms. The van der Waals surface area contributed by atoms with Crippen LogP contribution in [-0.4, -0.2) is 6.54 Å². The van der Waals surface area contributed by atoms with Gasteiger partial charge in [-0.2, -0.15) is 0 Å². The molecular formula is C13H21N. The zero-order valence-corrected chi connectivity index (χ0v) is 9.51. The van der Waals surface area contributed by atoms with Gasteiger partial charge in [0.05, 0.1) is 0 Å². The van der Waals surface area contributed by atoms with Gasteiger partial charge in [-0.25, -0.2) is 0 Å². The zero-order valence-electron chi connectivity index (χ0n) is 9.51. The minimum absolute atomic E-state index is 0.696. The second kappa shape index (κ2) is 5.16. The molecule has 0 heterocycles. The molecule has 0 fully saturated rings. The fourth-order valence-corrected chi connectivity index (χ4v) is 1.84. The van der Waals surface area contributed by atoms with E-state index in [9.17, 15) is 0 Å². The van der Waals surface area contributed by atoms with Gasteiger partial charge in [-0.05, 0) is 50.3 Å². The molecule has 0 aliphatic heterocycles. The number of rotatable bonds is 4. The van der Waals surface area contributed by atoms with Crippen molar-refractivity contribution in [2.45, 2.75) is 33.6 Å². The van der Waals surface area contributed by atoms with E-state index in [4.69, 9.17) is 5.73 Å². The minimum atomic E-state index is 0.696. The highest BCUT2D eigenvalue weighted by Crippen LogP contribution is 2.16. The lowest BCUT2D eigenvalue weighted by Crippen LogP contribution is -2.08. The lowest BCUT2D eigenvalue weighted by molar-refractivity contribution is 0.537. The maximum absolute atomic E-state index is 5.55. The predicted molar refractivity (Wildman–Crippen MR) is 62.5 cm³/mol. The third-order valence-electron chi connectivity index (χ3n) is 2.73. The zero-order chi connectivity index (χ0) is 10.6. The molecule has 0 saturated carbocycles. The molecule has 14 heavy (non-hydrogen) atoms. The summed E-state index contributed by atoms with van der Waals surface area (Å²) in [5, 5.41) is 0. The van der Waals surface area contributed by atoms with E-state index in [2.05, 4.69) is 39.0 Å². The number of hydrogen-bond donors (Lipinski definition) is 1. The van der Waals surface area contributed by atoms with Crippen LogP contribution in [0.1, 0.15) is 30.0 Å². The van der Waals surface area contributed by atoms with Crippen molar-refractivity contribution in [3.05, 3.63) is 34.9 Å². The van der Waals surface area contributed by atoms with Crippen LogP contribution in [0.5, 0.6) is 0 Å². The first-order valence-electron chi connectivity index (χ1n) is 5.39. The molecule has 1 rings (SSSR count). The summed E-state index contributed by atoms with van der Waals surface area (Å²) in [6.07, 6.45) is 2.27. The van der Waals surface area contributed by atoms with Gasteiger partial charge >= 0.3 is 0 Å². The van der Waals surface area contributed by atoms with Crippen LogP contribution in [0.2, 0.25) is 0 Å². The van der Waals surface area contributed by atoms with Gasteiger partial charge in [0.2, 0.25) is 0 Å². The SMILES string of the molecule is Cc1ccc(CC(C)CCN)c(C)c1. The fraction of sp³-hybridized carbons (Fsp3) is 0.538. The van der Waals surface area contributed by atoms with Crippen LogP contribution in [0, 0.1) is 19.8 Å². The van der Waals surface area contributed by atoms with Gasteiger partial charge < -0.3 is 5.73 Å². The Morgan fingerprint density at radius 1 is 1.29 bits per heavy atom. The molecule has 0 aromatic heterocycles. The summed E-state index contributed by atoms with van der Waals surface area (Å²) in [5.41, 5.74) is 9.77. The van der Waals surface area contributed by atoms with Crippen LogP contribution in [0.3, 0.4) is 0 Å². The molecular weight excluding hydrogens is 170 g/mol. The number of aryl methyl sites for hydroxylation is 2. The minimum Gasteiger partial charge on any atom is -0.330 e. The van der Waals surface area contributed by atoms with Gasteiger partial charge in [0.15, 0.2) is 0 Å². The monoisotopic (exact) mass is 191 g/mol. The molecule has 0 aliphatic carbocycles. The molecule has 1 unspecified atom stereocenters. The highest BCUT2D eigenvalue weighted by atomic mass is 14.5. The Kier molecular flexibility index (Phi) is 4.15. The van der Waals surface area contributed by atoms with Crippen molar-refractivity contribution in [3.63, 3.8) is 0 Å². The molecule has 2 N–H and O–H groups in total. The van der Waals surface area contributed by atoms with Crippen molar-refractivity contribution in [1.82, 2.24) is 0 Å². The predicted octanol–water partition coefficient (Wildman–Crippen LogP) is 2.83. The standard InChI is InChI=1S/C13H21N/c1-10-4-5-13(12(3)8-10)9-11(2)6-7-14/h4-5,8,11H,6-7,9,14H2,1-3H3. The molecule has 1 atom stereocenters. The van der Waals surface area contributed by atoms with Gasteiger partial charge in [-0.3, -0.25) is 0 Å². The van der Waals surface area contributed by atoms with Crippen molar-refractivity contribution in [1.29, 1.82) is 0 Å². The topological polar surface area (TPSA) is 26.0 Å². The van der Waals surface area contributed by atoms with Crippen LogP contribution in [0.15, 0.2) is 18.2 Å². The molecule has 0 saturated heterocycles. The maximum atomic E-state index is 5.55. The molecule has 0 radical (unpaired) electrons. The summed E-state index contributed by atoms with van der Waals surface area (Å²) in [7, 11) is 0. The Balaban J connectivity index is 2.67. The van der Waals surface area contributed by atoms with Crippen molar-refractivity contribution in [2.75, 3.05) is 6.54 Å². The molecule has 1 aromatic rings. The Hall–Kier alpha value is -0.820. The molecule has 0 spiro atoms. The van der Waals surface area contributed by atoms with E-state index < -0.39 is 0 Å². The molecule has 1 heteroatoms. The van der Waals surface area contributed by atoms with Crippen molar-refractivity contribution < 1.29 is 0 Å². The first-order chi connectivity index (χ1) is 6.63. The highest BCUT2D eigenvalue weighted by Gasteiger charge is 2.04. The Bertz CT molecular complexity index is 291. The van der Waals surface area contributed by atoms with E-state index in [1.807, 2.05) is 0 Å². The summed E-state index contributed by atoms with van der Waals surface area (Å²) in [6.45, 7) is 7.40. The highest BCUT2D eigenvalue weighted by molar-refractivity contribution is 5.30. The smallest absolute Gasteiger partial charge is 0.00746 e. The van der Waals surface area contributed by atoms with E-state index in [1.165, 1.54) is 16.7 Å². The van der Waals surface area contributed by atoms with Crippen LogP contribution < -0.4 is 5.73 Å². The van der Waals surface area contributed by atoms with Crippen molar-refractivity contribution in [2.24, 2.45) is 11.7 Å². The van der Waals surface area contributed by atoms with Crippen molar-refractivity contribution >= 4 is 0 Å². The summed E-state index contributed by atoms with van der Waals surface area (Å²) in [6, 6.07) is 6.69. The fourth-order valence-electron chi connectivity index (χ4n) is 1.84. The van der Waals surface area contributed by atoms with E-state index in [0.717, 1.165) is 19.4 Å². The summed E-state index contributed by atoms with van der Waals surface area (Å²) < 4.78 is 0. The second-order valence-corrected chi connectivity index (χ2v) is 4.32. The quantitative estimate of drug-likeness (QED) is 0.778. The number of benzene rings is 1. The number of hydrogen-bond acceptors (Lipinski definition) is 1. The third kappa shape index (κ3) is 3.15. The molecule has 1 aromatic carbocycles. The third-order valence-corrected chi connectivity index (χ3v) is 2.73. The van der Waals surface area contributed by atoms with Gasteiger partial charge in [0.25, 0.3) is 0 Å². The molecule has 0 amide bonds. The first-order valence-corrected chi connectivity index (χ1v) is 5.39. The lowest BCUT2D eigenvalue weighted by Gasteiger charge is -2.12. The first kappa shape index (κ1) is 11.3. The average Bonchev–Trinajstić information content (AvgIpc) is 2.10. The second-order valence-electron chi connectivity index (χ2n) is 4.32. The van der Waals surface area contributed by atoms with Crippen LogP contribution in [0.4, 0.5) is 0 Å². The van der Waals surface area contributed by atoms with E-state index in [1.54, 1.807) is 0 Å². The lowest BCUT2D eigenvalue weighted by atomic mass is 9.94. The van der Waals surface area contributed by atoms with Gasteiger partial charge in [0, 0.05) is 0 Å². The number of nitrogens with two attached hydrogens (primary N) is 1. The van der Waals surface area contributed by atoms with E-state index in [-0.39, 0.29) is 0 Å². The summed E-state index contributed by atoms with van der Waals surface area (Å²) in [5.74, 6) is 0.696. The Morgan fingerprint density at radius 3 is 2.57 bits per heavy atom. The van der Waals surface area contributed by atoms with E-state index in [0.29, 0.717) is 5.92 Å². The van der Waals surface area contributed by atoms with E-state index >= 15 is 0 Å². The van der Waals surface area contributed by atoms with Crippen LogP contribution >= 0.6 is 0 Å². The van der Waals surface area contributed by atoms with Gasteiger partial charge in [-0.1, -0.05) is 30.7 Å². The summed E-state index contributed by atoms with van der Waals surface area (Å²) >= 11 is 0. The van der Waals surface area contributed by atoms with Crippen LogP contribution in [-0.2, 0) is 6.42 Å². The average molecular weight is 191 g/mol. The Labute approximate surface area is 87.3 Å². The van der Waals surface area contributed by atoms with Gasteiger partial charge in [-0.15, -0.1) is 0 Å². The Morgan fingerprint density at radius 2 is 2.00 bits per heavy atom. The molecule has 0 aliphatic rings. The molecule has 1 nitrogen and oxygen atoms in total. The molecule has 78 valence electrons. The van der Waals surface area contributed by atoms with Gasteiger partial charge in [0.1, 0.15) is 0 Å². The largest absolute Gasteiger partial charge is 0.330 e. The van der Waals surface area contributed by atoms with Crippen LogP contribution in [0.25, 0.3) is 0 Å².